The summed E-state index contributed by atoms with van der Waals surface area (Å²) in [6.45, 7) is 0.126. The average molecular weight is 596 g/mol. The van der Waals surface area contributed by atoms with E-state index in [2.05, 4.69) is 0 Å². The second-order valence-corrected chi connectivity index (χ2v) is 11.2. The average Bonchev–Trinajstić information content (AvgIpc) is 2.95. The van der Waals surface area contributed by atoms with E-state index in [0.29, 0.717) is 0 Å². The van der Waals surface area contributed by atoms with E-state index in [4.69, 9.17) is 58.5 Å². The number of rotatable bonds is 11. The topological polar surface area (TPSA) is 83.5 Å². The monoisotopic (exact) mass is 594 g/mol. The van der Waals surface area contributed by atoms with Crippen molar-refractivity contribution < 1.29 is 33.6 Å². The molecule has 0 saturated carbocycles. The lowest BCUT2D eigenvalue weighted by atomic mass is 9.98. The Labute approximate surface area is 242 Å². The molecular weight excluding hydrogens is 567 g/mol. The third kappa shape index (κ3) is 8.64. The molecule has 0 radical (unpaired) electrons. The van der Waals surface area contributed by atoms with Gasteiger partial charge in [-0.15, -0.1) is 0 Å². The largest absolute Gasteiger partial charge is 0.430 e. The van der Waals surface area contributed by atoms with Crippen molar-refractivity contribution >= 4 is 40.8 Å². The van der Waals surface area contributed by atoms with Crippen LogP contribution in [0.1, 0.15) is 16.7 Å². The minimum atomic E-state index is -2.34. The van der Waals surface area contributed by atoms with Crippen molar-refractivity contribution in [3.63, 3.8) is 0 Å². The first-order valence-electron chi connectivity index (χ1n) is 12.4. The first kappa shape index (κ1) is 29.8. The van der Waals surface area contributed by atoms with Gasteiger partial charge in [-0.05, 0) is 16.7 Å². The smallest absolute Gasteiger partial charge is 0.360 e. The highest BCUT2D eigenvalue weighted by atomic mass is 35.6. The maximum Gasteiger partial charge on any atom is 0.360 e. The van der Waals surface area contributed by atoms with Crippen LogP contribution in [0.25, 0.3) is 0 Å². The molecule has 0 aromatic heterocycles. The zero-order valence-corrected chi connectivity index (χ0v) is 23.2. The van der Waals surface area contributed by atoms with E-state index in [1.165, 1.54) is 0 Å². The van der Waals surface area contributed by atoms with Crippen molar-refractivity contribution in [1.29, 1.82) is 0 Å². The fourth-order valence-electron chi connectivity index (χ4n) is 4.16. The maximum absolute atomic E-state index is 12.5. The predicted molar refractivity (Wildman–Crippen MR) is 147 cm³/mol. The molecule has 4 rings (SSSR count). The Hall–Kier alpha value is -2.20. The summed E-state index contributed by atoms with van der Waals surface area (Å²) in [4.78, 5) is 12.5. The molecule has 3 aromatic rings. The number of aliphatic hydroxyl groups is 1. The third-order valence-corrected chi connectivity index (χ3v) is 6.54. The summed E-state index contributed by atoms with van der Waals surface area (Å²) >= 11 is 17.3. The minimum absolute atomic E-state index is 0.150. The van der Waals surface area contributed by atoms with Gasteiger partial charge in [0, 0.05) is 0 Å². The molecule has 5 atom stereocenters. The first-order valence-corrected chi connectivity index (χ1v) is 13.5. The zero-order chi connectivity index (χ0) is 27.7. The molecule has 0 amide bonds. The number of carbonyl (C=O) groups is 1. The van der Waals surface area contributed by atoms with Crippen molar-refractivity contribution in [3.8, 4) is 0 Å². The lowest BCUT2D eigenvalue weighted by Gasteiger charge is -2.45. The fourth-order valence-corrected chi connectivity index (χ4v) is 4.29. The molecule has 1 aliphatic rings. The number of alkyl halides is 3. The van der Waals surface area contributed by atoms with E-state index in [1.54, 1.807) is 0 Å². The van der Waals surface area contributed by atoms with Gasteiger partial charge in [-0.25, -0.2) is 4.79 Å². The number of carbonyl (C=O) groups excluding carboxylic acids is 1. The second-order valence-electron chi connectivity index (χ2n) is 8.91. The third-order valence-electron chi connectivity index (χ3n) is 6.08. The van der Waals surface area contributed by atoms with Crippen molar-refractivity contribution in [3.05, 3.63) is 108 Å². The molecule has 1 heterocycles. The summed E-state index contributed by atoms with van der Waals surface area (Å²) in [5, 5.41) is 10.2. The van der Waals surface area contributed by atoms with Crippen LogP contribution in [0, 0.1) is 0 Å². The summed E-state index contributed by atoms with van der Waals surface area (Å²) in [6.07, 6.45) is -4.90. The molecule has 10 heteroatoms. The quantitative estimate of drug-likeness (QED) is 0.236. The van der Waals surface area contributed by atoms with Crippen LogP contribution in [0.5, 0.6) is 0 Å². The van der Waals surface area contributed by atoms with Crippen LogP contribution < -0.4 is 0 Å². The first-order chi connectivity index (χ1) is 18.8. The summed E-state index contributed by atoms with van der Waals surface area (Å²) in [5.41, 5.74) is 2.70. The number of ether oxygens (including phenoxy) is 5. The van der Waals surface area contributed by atoms with Crippen LogP contribution in [0.15, 0.2) is 91.0 Å². The highest BCUT2D eigenvalue weighted by Crippen LogP contribution is 2.34. The maximum atomic E-state index is 12.5. The van der Waals surface area contributed by atoms with Gasteiger partial charge in [-0.1, -0.05) is 126 Å². The molecule has 0 aliphatic carbocycles. The standard InChI is InChI=1S/C29H29Cl3O7/c30-29(31,32)28(34)39-27-26(37-19-22-14-8-3-9-15-22)25(36-18-21-12-6-2-7-13-21)24(23(16-33)38-27)35-17-20-10-4-1-5-11-20/h1-15,23-27,33H,16-19H2/t23-,24-,25+,26+,27-/m1/s1. The van der Waals surface area contributed by atoms with Gasteiger partial charge in [-0.3, -0.25) is 0 Å². The lowest BCUT2D eigenvalue weighted by Crippen LogP contribution is -2.62. The molecule has 7 nitrogen and oxygen atoms in total. The van der Waals surface area contributed by atoms with Crippen LogP contribution in [-0.2, 0) is 48.3 Å². The van der Waals surface area contributed by atoms with Crippen LogP contribution in [0.3, 0.4) is 0 Å². The van der Waals surface area contributed by atoms with Crippen molar-refractivity contribution in [1.82, 2.24) is 0 Å². The molecule has 0 unspecified atom stereocenters. The molecule has 1 aliphatic heterocycles. The minimum Gasteiger partial charge on any atom is -0.430 e. The van der Waals surface area contributed by atoms with Crippen LogP contribution in [0.2, 0.25) is 0 Å². The number of hydrogen-bond donors (Lipinski definition) is 1. The number of benzene rings is 3. The zero-order valence-electron chi connectivity index (χ0n) is 20.9. The Bertz CT molecular complexity index is 1150. The Kier molecular flexibility index (Phi) is 11.0. The number of esters is 1. The molecule has 39 heavy (non-hydrogen) atoms. The molecule has 0 bridgehead atoms. The van der Waals surface area contributed by atoms with Gasteiger partial charge in [0.25, 0.3) is 3.79 Å². The molecule has 0 spiro atoms. The molecule has 1 fully saturated rings. The van der Waals surface area contributed by atoms with Crippen molar-refractivity contribution in [2.45, 2.75) is 54.3 Å². The summed E-state index contributed by atoms with van der Waals surface area (Å²) in [5.74, 6) is -1.15. The lowest BCUT2D eigenvalue weighted by molar-refractivity contribution is -0.318. The SMILES string of the molecule is O=C(O[C@H]1O[C@H](CO)[C@@H](OCc2ccccc2)[C@H](OCc2ccccc2)[C@@H]1OCc1ccccc1)C(Cl)(Cl)Cl. The highest BCUT2D eigenvalue weighted by Gasteiger charge is 2.51. The van der Waals surface area contributed by atoms with Gasteiger partial charge in [0.05, 0.1) is 26.4 Å². The molecular formula is C29H29Cl3O7. The number of aliphatic hydroxyl groups excluding tert-OH is 1. The second kappa shape index (κ2) is 14.4. The summed E-state index contributed by atoms with van der Waals surface area (Å²) < 4.78 is 28.0. The van der Waals surface area contributed by atoms with Gasteiger partial charge in [-0.2, -0.15) is 0 Å². The van der Waals surface area contributed by atoms with E-state index < -0.39 is 47.1 Å². The van der Waals surface area contributed by atoms with Gasteiger partial charge < -0.3 is 28.8 Å². The number of hydrogen-bond acceptors (Lipinski definition) is 7. The Morgan fingerprint density at radius 1 is 0.692 bits per heavy atom. The molecule has 208 valence electrons. The molecule has 1 saturated heterocycles. The van der Waals surface area contributed by atoms with Gasteiger partial charge in [0.2, 0.25) is 6.29 Å². The summed E-state index contributed by atoms with van der Waals surface area (Å²) in [6, 6.07) is 28.6. The molecule has 1 N–H and O–H groups in total. The van der Waals surface area contributed by atoms with E-state index in [0.717, 1.165) is 16.7 Å². The van der Waals surface area contributed by atoms with Gasteiger partial charge >= 0.3 is 5.97 Å². The fraction of sp³-hybridized carbons (Fsp3) is 0.345. The van der Waals surface area contributed by atoms with Gasteiger partial charge in [0.15, 0.2) is 0 Å². The van der Waals surface area contributed by atoms with E-state index in [-0.39, 0.29) is 19.8 Å². The molecule has 3 aromatic carbocycles. The van der Waals surface area contributed by atoms with E-state index in [1.807, 2.05) is 91.0 Å². The van der Waals surface area contributed by atoms with Crippen LogP contribution >= 0.6 is 34.8 Å². The number of halogens is 3. The Morgan fingerprint density at radius 3 is 1.51 bits per heavy atom. The van der Waals surface area contributed by atoms with Crippen molar-refractivity contribution in [2.75, 3.05) is 6.61 Å². The van der Waals surface area contributed by atoms with Crippen LogP contribution in [-0.4, -0.2) is 52.2 Å². The predicted octanol–water partition coefficient (Wildman–Crippen LogP) is 5.37. The van der Waals surface area contributed by atoms with Crippen LogP contribution in [0.4, 0.5) is 0 Å². The Balaban J connectivity index is 1.64. The Morgan fingerprint density at radius 2 is 1.10 bits per heavy atom. The highest BCUT2D eigenvalue weighted by molar-refractivity contribution is 6.75. The summed E-state index contributed by atoms with van der Waals surface area (Å²) in [7, 11) is 0. The van der Waals surface area contributed by atoms with Gasteiger partial charge in [0.1, 0.15) is 24.4 Å². The normalized spacial score (nSPS) is 23.3. The van der Waals surface area contributed by atoms with E-state index in [9.17, 15) is 9.90 Å². The van der Waals surface area contributed by atoms with Crippen molar-refractivity contribution in [2.24, 2.45) is 0 Å². The van der Waals surface area contributed by atoms with E-state index >= 15 is 0 Å².